The molecule has 0 aromatic carbocycles. The lowest BCUT2D eigenvalue weighted by molar-refractivity contribution is -0.153. The number of hydrogen-bond acceptors (Lipinski definition) is 5. The van der Waals surface area contributed by atoms with Crippen molar-refractivity contribution in [3.63, 3.8) is 0 Å². The minimum atomic E-state index is -0.608. The largest absolute Gasteiger partial charge is 0.463 e. The summed E-state index contributed by atoms with van der Waals surface area (Å²) in [6, 6.07) is 1.86. The molecule has 1 aliphatic rings. The number of esters is 1. The van der Waals surface area contributed by atoms with E-state index in [-0.39, 0.29) is 26.4 Å². The van der Waals surface area contributed by atoms with E-state index in [1.54, 1.807) is 0 Å². The number of rotatable bonds is 3. The van der Waals surface area contributed by atoms with E-state index in [1.807, 2.05) is 6.07 Å². The highest BCUT2D eigenvalue weighted by Crippen LogP contribution is 2.04. The van der Waals surface area contributed by atoms with Gasteiger partial charge in [-0.1, -0.05) is 0 Å². The molecular weight excluding hydrogens is 162 g/mol. The minimum Gasteiger partial charge on any atom is -0.463 e. The number of ether oxygens (including phenoxy) is 3. The van der Waals surface area contributed by atoms with E-state index in [0.29, 0.717) is 0 Å². The van der Waals surface area contributed by atoms with Crippen molar-refractivity contribution in [1.29, 1.82) is 5.26 Å². The van der Waals surface area contributed by atoms with Crippen molar-refractivity contribution >= 4 is 5.97 Å². The molecule has 0 aromatic heterocycles. The summed E-state index contributed by atoms with van der Waals surface area (Å²) in [4.78, 5) is 11.0. The second-order valence-electron chi connectivity index (χ2n) is 2.22. The van der Waals surface area contributed by atoms with Crippen LogP contribution < -0.4 is 0 Å². The molecule has 0 aromatic rings. The number of nitriles is 1. The third kappa shape index (κ3) is 2.49. The highest BCUT2D eigenvalue weighted by Gasteiger charge is 2.25. The Morgan fingerprint density at radius 2 is 2.58 bits per heavy atom. The maximum Gasteiger partial charge on any atom is 0.337 e. The molecule has 1 saturated heterocycles. The van der Waals surface area contributed by atoms with Gasteiger partial charge >= 0.3 is 5.97 Å². The van der Waals surface area contributed by atoms with Gasteiger partial charge in [-0.2, -0.15) is 5.26 Å². The fourth-order valence-corrected chi connectivity index (χ4v) is 0.760. The highest BCUT2D eigenvalue weighted by atomic mass is 16.7. The molecule has 1 heterocycles. The molecule has 0 bridgehead atoms. The topological polar surface area (TPSA) is 68.5 Å². The Hall–Kier alpha value is -1.12. The Morgan fingerprint density at radius 1 is 1.75 bits per heavy atom. The predicted molar refractivity (Wildman–Crippen MR) is 36.9 cm³/mol. The van der Waals surface area contributed by atoms with Gasteiger partial charge in [0.2, 0.25) is 0 Å². The summed E-state index contributed by atoms with van der Waals surface area (Å²) >= 11 is 0. The summed E-state index contributed by atoms with van der Waals surface area (Å²) in [6.45, 7) is 0.499. The molecule has 0 amide bonds. The third-order valence-corrected chi connectivity index (χ3v) is 1.34. The summed E-state index contributed by atoms with van der Waals surface area (Å²) in [5, 5.41) is 8.15. The van der Waals surface area contributed by atoms with Gasteiger partial charge in [0, 0.05) is 0 Å². The van der Waals surface area contributed by atoms with Crippen molar-refractivity contribution in [2.24, 2.45) is 0 Å². The molecule has 1 atom stereocenters. The lowest BCUT2D eigenvalue weighted by Gasteiger charge is -2.05. The van der Waals surface area contributed by atoms with E-state index in [9.17, 15) is 4.79 Å². The van der Waals surface area contributed by atoms with Crippen LogP contribution in [0.1, 0.15) is 6.42 Å². The molecule has 1 fully saturated rings. The molecule has 0 spiro atoms. The van der Waals surface area contributed by atoms with Crippen LogP contribution in [0.5, 0.6) is 0 Å². The zero-order valence-electron chi connectivity index (χ0n) is 6.49. The number of carbonyl (C=O) groups is 1. The van der Waals surface area contributed by atoms with Crippen LogP contribution in [0, 0.1) is 11.3 Å². The van der Waals surface area contributed by atoms with Crippen LogP contribution in [0.2, 0.25) is 0 Å². The van der Waals surface area contributed by atoms with Crippen LogP contribution in [0.25, 0.3) is 0 Å². The summed E-state index contributed by atoms with van der Waals surface area (Å²) < 4.78 is 14.4. The van der Waals surface area contributed by atoms with Gasteiger partial charge < -0.3 is 14.2 Å². The van der Waals surface area contributed by atoms with Gasteiger partial charge in [0.05, 0.1) is 19.1 Å². The molecule has 1 unspecified atom stereocenters. The Balaban J connectivity index is 2.15. The van der Waals surface area contributed by atoms with Gasteiger partial charge in [-0.05, 0) is 0 Å². The molecule has 0 radical (unpaired) electrons. The van der Waals surface area contributed by atoms with Crippen molar-refractivity contribution in [3.8, 4) is 6.07 Å². The van der Waals surface area contributed by atoms with Crippen LogP contribution in [-0.4, -0.2) is 32.1 Å². The second-order valence-corrected chi connectivity index (χ2v) is 2.22. The van der Waals surface area contributed by atoms with E-state index in [2.05, 4.69) is 0 Å². The molecule has 0 N–H and O–H groups in total. The molecule has 12 heavy (non-hydrogen) atoms. The lowest BCUT2D eigenvalue weighted by Crippen LogP contribution is -2.25. The van der Waals surface area contributed by atoms with Gasteiger partial charge in [-0.3, -0.25) is 0 Å². The maximum atomic E-state index is 11.0. The fraction of sp³-hybridized carbons (Fsp3) is 0.714. The molecule has 0 saturated carbocycles. The quantitative estimate of drug-likeness (QED) is 0.435. The maximum absolute atomic E-state index is 11.0. The van der Waals surface area contributed by atoms with E-state index in [4.69, 9.17) is 19.5 Å². The monoisotopic (exact) mass is 171 g/mol. The molecule has 66 valence electrons. The van der Waals surface area contributed by atoms with E-state index in [0.717, 1.165) is 0 Å². The Kier molecular flexibility index (Phi) is 3.51. The van der Waals surface area contributed by atoms with Crippen LogP contribution in [0.15, 0.2) is 0 Å². The normalized spacial score (nSPS) is 21.8. The van der Waals surface area contributed by atoms with Crippen molar-refractivity contribution < 1.29 is 19.0 Å². The standard InChI is InChI=1S/C7H9NO4/c8-2-1-3-11-7(9)6-4-10-5-12-6/h6H,1,3-5H2. The first-order chi connectivity index (χ1) is 5.84. The van der Waals surface area contributed by atoms with Crippen LogP contribution in [-0.2, 0) is 19.0 Å². The zero-order valence-corrected chi connectivity index (χ0v) is 6.49. The van der Waals surface area contributed by atoms with Gasteiger partial charge in [-0.25, -0.2) is 4.79 Å². The van der Waals surface area contributed by atoms with E-state index >= 15 is 0 Å². The minimum absolute atomic E-state index is 0.120. The average Bonchev–Trinajstić information content (AvgIpc) is 2.56. The van der Waals surface area contributed by atoms with Crippen molar-refractivity contribution in [2.45, 2.75) is 12.5 Å². The van der Waals surface area contributed by atoms with Gasteiger partial charge in [0.25, 0.3) is 0 Å². The summed E-state index contributed by atoms with van der Waals surface area (Å²) in [7, 11) is 0. The number of nitrogens with zero attached hydrogens (tertiary/aromatic N) is 1. The van der Waals surface area contributed by atoms with Crippen LogP contribution >= 0.6 is 0 Å². The van der Waals surface area contributed by atoms with Crippen molar-refractivity contribution in [3.05, 3.63) is 0 Å². The molecule has 5 nitrogen and oxygen atoms in total. The molecule has 0 aliphatic carbocycles. The first-order valence-electron chi connectivity index (χ1n) is 3.57. The lowest BCUT2D eigenvalue weighted by atomic mass is 10.4. The SMILES string of the molecule is N#CCCOC(=O)C1COCO1. The average molecular weight is 171 g/mol. The summed E-state index contributed by atoms with van der Waals surface area (Å²) in [5.41, 5.74) is 0. The van der Waals surface area contributed by atoms with Crippen molar-refractivity contribution in [1.82, 2.24) is 0 Å². The van der Waals surface area contributed by atoms with Gasteiger partial charge in [0.1, 0.15) is 13.4 Å². The molecule has 1 aliphatic heterocycles. The molecule has 5 heteroatoms. The summed E-state index contributed by atoms with van der Waals surface area (Å²) in [6.07, 6.45) is -0.400. The first kappa shape index (κ1) is 8.97. The first-order valence-corrected chi connectivity index (χ1v) is 3.57. The van der Waals surface area contributed by atoms with E-state index in [1.165, 1.54) is 0 Å². The van der Waals surface area contributed by atoms with Gasteiger partial charge in [0.15, 0.2) is 6.10 Å². The molecular formula is C7H9NO4. The fourth-order valence-electron chi connectivity index (χ4n) is 0.760. The Labute approximate surface area is 69.8 Å². The van der Waals surface area contributed by atoms with Gasteiger partial charge in [-0.15, -0.1) is 0 Å². The predicted octanol–water partition coefficient (Wildman–Crippen LogP) is -0.184. The smallest absolute Gasteiger partial charge is 0.337 e. The Bertz CT molecular complexity index is 192. The van der Waals surface area contributed by atoms with Crippen molar-refractivity contribution in [2.75, 3.05) is 20.0 Å². The van der Waals surface area contributed by atoms with Crippen LogP contribution in [0.3, 0.4) is 0 Å². The zero-order chi connectivity index (χ0) is 8.81. The summed E-state index contributed by atoms with van der Waals surface area (Å²) in [5.74, 6) is -0.456. The molecule has 1 rings (SSSR count). The highest BCUT2D eigenvalue weighted by molar-refractivity contribution is 5.75. The second kappa shape index (κ2) is 4.70. The van der Waals surface area contributed by atoms with Crippen LogP contribution in [0.4, 0.5) is 0 Å². The Morgan fingerprint density at radius 3 is 3.17 bits per heavy atom. The third-order valence-electron chi connectivity index (χ3n) is 1.34. The van der Waals surface area contributed by atoms with E-state index < -0.39 is 12.1 Å². The number of carbonyl (C=O) groups excluding carboxylic acids is 1. The number of hydrogen-bond donors (Lipinski definition) is 0.